The van der Waals surface area contributed by atoms with Crippen molar-refractivity contribution in [3.05, 3.63) is 29.8 Å². The summed E-state index contributed by atoms with van der Waals surface area (Å²) in [5.74, 6) is 5.23. The van der Waals surface area contributed by atoms with Crippen LogP contribution in [-0.4, -0.2) is 19.1 Å². The van der Waals surface area contributed by atoms with E-state index in [1.165, 1.54) is 0 Å². The first-order valence-corrected chi connectivity index (χ1v) is 4.67. The van der Waals surface area contributed by atoms with Gasteiger partial charge in [0.25, 0.3) is 0 Å². The molecule has 1 atom stereocenters. The summed E-state index contributed by atoms with van der Waals surface area (Å²) in [6.07, 6.45) is 1.00. The van der Waals surface area contributed by atoms with Crippen molar-refractivity contribution in [3.63, 3.8) is 0 Å². The molecule has 0 amide bonds. The van der Waals surface area contributed by atoms with Crippen LogP contribution in [0.15, 0.2) is 29.4 Å². The first-order chi connectivity index (χ1) is 7.19. The maximum Gasteiger partial charge on any atom is 0.197 e. The average Bonchev–Trinajstić information content (AvgIpc) is 2.28. The standard InChI is InChI=1S/C10H11ClN2O2/c1-15-8-4-2-7(3-5-8)10(11)9(14)6-13-12/h2-6,10H,12H2,1H3. The molecule has 0 radical (unpaired) electrons. The van der Waals surface area contributed by atoms with Gasteiger partial charge in [0.15, 0.2) is 5.78 Å². The molecule has 0 fully saturated rings. The Morgan fingerprint density at radius 1 is 1.53 bits per heavy atom. The molecular formula is C10H11ClN2O2. The molecule has 0 aliphatic carbocycles. The zero-order valence-electron chi connectivity index (χ0n) is 8.18. The Hall–Kier alpha value is -1.55. The molecular weight excluding hydrogens is 216 g/mol. The van der Waals surface area contributed by atoms with E-state index in [0.717, 1.165) is 6.21 Å². The molecule has 5 heteroatoms. The van der Waals surface area contributed by atoms with E-state index in [4.69, 9.17) is 22.2 Å². The smallest absolute Gasteiger partial charge is 0.197 e. The number of hydrogen-bond acceptors (Lipinski definition) is 4. The second-order valence-electron chi connectivity index (χ2n) is 2.82. The predicted octanol–water partition coefficient (Wildman–Crippen LogP) is 1.49. The highest BCUT2D eigenvalue weighted by atomic mass is 35.5. The molecule has 0 saturated heterocycles. The molecule has 4 nitrogen and oxygen atoms in total. The van der Waals surface area contributed by atoms with Crippen LogP contribution in [0.3, 0.4) is 0 Å². The molecule has 15 heavy (non-hydrogen) atoms. The predicted molar refractivity (Wildman–Crippen MR) is 59.3 cm³/mol. The van der Waals surface area contributed by atoms with Crippen LogP contribution in [-0.2, 0) is 4.79 Å². The Bertz CT molecular complexity index is 362. The van der Waals surface area contributed by atoms with Gasteiger partial charge in [0, 0.05) is 0 Å². The third kappa shape index (κ3) is 2.95. The van der Waals surface area contributed by atoms with Gasteiger partial charge < -0.3 is 10.6 Å². The van der Waals surface area contributed by atoms with Crippen LogP contribution < -0.4 is 10.6 Å². The van der Waals surface area contributed by atoms with Crippen LogP contribution in [0.25, 0.3) is 0 Å². The lowest BCUT2D eigenvalue weighted by Gasteiger charge is -2.06. The number of ketones is 1. The van der Waals surface area contributed by atoms with Crippen LogP contribution in [0.2, 0.25) is 0 Å². The number of carbonyl (C=O) groups is 1. The highest BCUT2D eigenvalue weighted by molar-refractivity contribution is 6.44. The molecule has 0 bridgehead atoms. The van der Waals surface area contributed by atoms with Gasteiger partial charge in [0.2, 0.25) is 0 Å². The average molecular weight is 227 g/mol. The molecule has 1 aromatic carbocycles. The maximum absolute atomic E-state index is 11.3. The molecule has 80 valence electrons. The third-order valence-electron chi connectivity index (χ3n) is 1.86. The first kappa shape index (κ1) is 11.5. The minimum Gasteiger partial charge on any atom is -0.497 e. The SMILES string of the molecule is COc1ccc(C(Cl)C(=O)C=NN)cc1. The first-order valence-electron chi connectivity index (χ1n) is 4.24. The summed E-state index contributed by atoms with van der Waals surface area (Å²) in [6, 6.07) is 6.91. The summed E-state index contributed by atoms with van der Waals surface area (Å²) < 4.78 is 4.98. The number of hydrogen-bond donors (Lipinski definition) is 1. The van der Waals surface area contributed by atoms with Crippen molar-refractivity contribution >= 4 is 23.6 Å². The van der Waals surface area contributed by atoms with E-state index in [1.807, 2.05) is 0 Å². The summed E-state index contributed by atoms with van der Waals surface area (Å²) in [6.45, 7) is 0. The Labute approximate surface area is 92.7 Å². The van der Waals surface area contributed by atoms with E-state index in [1.54, 1.807) is 31.4 Å². The summed E-state index contributed by atoms with van der Waals surface area (Å²) in [5.41, 5.74) is 0.683. The monoisotopic (exact) mass is 226 g/mol. The topological polar surface area (TPSA) is 64.7 Å². The van der Waals surface area contributed by atoms with Crippen molar-refractivity contribution in [2.45, 2.75) is 5.38 Å². The number of hydrazone groups is 1. The van der Waals surface area contributed by atoms with Gasteiger partial charge in [-0.15, -0.1) is 11.6 Å². The van der Waals surface area contributed by atoms with Crippen LogP contribution in [0.5, 0.6) is 5.75 Å². The van der Waals surface area contributed by atoms with Crippen LogP contribution in [0.1, 0.15) is 10.9 Å². The van der Waals surface area contributed by atoms with E-state index >= 15 is 0 Å². The molecule has 0 aliphatic rings. The Balaban J connectivity index is 2.82. The maximum atomic E-state index is 11.3. The number of halogens is 1. The number of nitrogens with zero attached hydrogens (tertiary/aromatic N) is 1. The normalized spacial score (nSPS) is 12.7. The highest BCUT2D eigenvalue weighted by Gasteiger charge is 2.15. The third-order valence-corrected chi connectivity index (χ3v) is 2.33. The Kier molecular flexibility index (Phi) is 4.12. The number of rotatable bonds is 4. The van der Waals surface area contributed by atoms with Gasteiger partial charge in [0.05, 0.1) is 13.3 Å². The van der Waals surface area contributed by atoms with Gasteiger partial charge in [-0.25, -0.2) is 0 Å². The summed E-state index contributed by atoms with van der Waals surface area (Å²) in [5, 5.41) is 2.37. The number of carbonyl (C=O) groups excluding carboxylic acids is 1. The number of ether oxygens (including phenoxy) is 1. The second kappa shape index (κ2) is 5.36. The van der Waals surface area contributed by atoms with E-state index in [-0.39, 0.29) is 5.78 Å². The molecule has 0 spiro atoms. The Morgan fingerprint density at radius 2 is 2.13 bits per heavy atom. The molecule has 0 aromatic heterocycles. The van der Waals surface area contributed by atoms with E-state index in [2.05, 4.69) is 5.10 Å². The van der Waals surface area contributed by atoms with Gasteiger partial charge in [-0.2, -0.15) is 5.10 Å². The lowest BCUT2D eigenvalue weighted by Crippen LogP contribution is -2.09. The number of nitrogens with two attached hydrogens (primary N) is 1. The van der Waals surface area contributed by atoms with Crippen LogP contribution in [0.4, 0.5) is 0 Å². The fourth-order valence-corrected chi connectivity index (χ4v) is 1.28. The summed E-state index contributed by atoms with van der Waals surface area (Å²) >= 11 is 5.89. The summed E-state index contributed by atoms with van der Waals surface area (Å²) in [7, 11) is 1.57. The van der Waals surface area contributed by atoms with E-state index in [9.17, 15) is 4.79 Å². The highest BCUT2D eigenvalue weighted by Crippen LogP contribution is 2.23. The van der Waals surface area contributed by atoms with Crippen molar-refractivity contribution in [2.24, 2.45) is 10.9 Å². The zero-order chi connectivity index (χ0) is 11.3. The van der Waals surface area contributed by atoms with Crippen molar-refractivity contribution in [2.75, 3.05) is 7.11 Å². The molecule has 1 aromatic rings. The van der Waals surface area contributed by atoms with E-state index in [0.29, 0.717) is 11.3 Å². The minimum atomic E-state index is -0.761. The zero-order valence-corrected chi connectivity index (χ0v) is 8.94. The lowest BCUT2D eigenvalue weighted by molar-refractivity contribution is -0.112. The fourth-order valence-electron chi connectivity index (χ4n) is 1.08. The van der Waals surface area contributed by atoms with Gasteiger partial charge >= 0.3 is 0 Å². The fraction of sp³-hybridized carbons (Fsp3) is 0.200. The number of Topliss-reactive ketones (excluding diaryl/α,β-unsaturated/α-hetero) is 1. The minimum absolute atomic E-state index is 0.343. The van der Waals surface area contributed by atoms with Crippen molar-refractivity contribution in [1.29, 1.82) is 0 Å². The van der Waals surface area contributed by atoms with Gasteiger partial charge in [0.1, 0.15) is 11.1 Å². The van der Waals surface area contributed by atoms with Crippen LogP contribution in [0, 0.1) is 0 Å². The van der Waals surface area contributed by atoms with Crippen molar-refractivity contribution in [3.8, 4) is 5.75 Å². The van der Waals surface area contributed by atoms with Crippen molar-refractivity contribution in [1.82, 2.24) is 0 Å². The van der Waals surface area contributed by atoms with Gasteiger partial charge in [-0.05, 0) is 17.7 Å². The number of methoxy groups -OCH3 is 1. The van der Waals surface area contributed by atoms with Gasteiger partial charge in [-0.3, -0.25) is 4.79 Å². The molecule has 1 unspecified atom stereocenters. The quantitative estimate of drug-likeness (QED) is 0.366. The lowest BCUT2D eigenvalue weighted by atomic mass is 10.1. The van der Waals surface area contributed by atoms with Crippen LogP contribution >= 0.6 is 11.6 Å². The van der Waals surface area contributed by atoms with Crippen molar-refractivity contribution < 1.29 is 9.53 Å². The summed E-state index contributed by atoms with van der Waals surface area (Å²) in [4.78, 5) is 11.3. The molecule has 2 N–H and O–H groups in total. The largest absolute Gasteiger partial charge is 0.497 e. The number of alkyl halides is 1. The Morgan fingerprint density at radius 3 is 2.60 bits per heavy atom. The molecule has 0 saturated carbocycles. The number of benzene rings is 1. The second-order valence-corrected chi connectivity index (χ2v) is 3.25. The molecule has 0 heterocycles. The molecule has 0 aliphatic heterocycles. The molecule has 1 rings (SSSR count). The van der Waals surface area contributed by atoms with Gasteiger partial charge in [-0.1, -0.05) is 12.1 Å². The van der Waals surface area contributed by atoms with E-state index < -0.39 is 5.38 Å².